The number of aliphatic hydroxyl groups excluding tert-OH is 1. The molecule has 2 N–H and O–H groups in total. The van der Waals surface area contributed by atoms with Gasteiger partial charge in [0.05, 0.1) is 29.2 Å². The van der Waals surface area contributed by atoms with Crippen LogP contribution in [0.25, 0.3) is 17.4 Å². The fourth-order valence-corrected chi connectivity index (χ4v) is 3.09. The molecule has 0 saturated heterocycles. The maximum atomic E-state index is 13.4. The molecule has 0 atom stereocenters. The van der Waals surface area contributed by atoms with Crippen LogP contribution < -0.4 is 5.32 Å². The average molecular weight is 414 g/mol. The number of halogens is 3. The highest BCUT2D eigenvalue weighted by atomic mass is 19.4. The third-order valence-corrected chi connectivity index (χ3v) is 4.49. The lowest BCUT2D eigenvalue weighted by Gasteiger charge is -2.14. The number of hydrogen-bond acceptors (Lipinski definition) is 5. The predicted molar refractivity (Wildman–Crippen MR) is 106 cm³/mol. The zero-order chi connectivity index (χ0) is 21.5. The molecule has 7 nitrogen and oxygen atoms in total. The molecule has 0 spiro atoms. The number of benzene rings is 1. The molecular formula is C20H17F3N6O. The van der Waals surface area contributed by atoms with E-state index >= 15 is 0 Å². The van der Waals surface area contributed by atoms with E-state index in [1.54, 1.807) is 25.1 Å². The van der Waals surface area contributed by atoms with Gasteiger partial charge in [0.25, 0.3) is 0 Å². The Hall–Kier alpha value is -3.66. The number of aryl methyl sites for hydroxylation is 1. The summed E-state index contributed by atoms with van der Waals surface area (Å²) in [5.41, 5.74) is 1.76. The van der Waals surface area contributed by atoms with Crippen molar-refractivity contribution in [2.75, 3.05) is 5.32 Å². The Kier molecular flexibility index (Phi) is 4.78. The van der Waals surface area contributed by atoms with Gasteiger partial charge in [-0.25, -0.2) is 14.6 Å². The molecule has 3 heterocycles. The largest absolute Gasteiger partial charge is 0.417 e. The van der Waals surface area contributed by atoms with Crippen LogP contribution in [0.1, 0.15) is 22.6 Å². The van der Waals surface area contributed by atoms with Crippen LogP contribution in [-0.4, -0.2) is 29.3 Å². The van der Waals surface area contributed by atoms with Gasteiger partial charge >= 0.3 is 6.18 Å². The number of aliphatic hydroxyl groups is 1. The molecule has 0 amide bonds. The second-order valence-corrected chi connectivity index (χ2v) is 6.60. The van der Waals surface area contributed by atoms with Gasteiger partial charge in [0.1, 0.15) is 12.2 Å². The highest BCUT2D eigenvalue weighted by Gasteiger charge is 2.32. The summed E-state index contributed by atoms with van der Waals surface area (Å²) in [6, 6.07) is 6.02. The number of hydrogen-bond donors (Lipinski definition) is 2. The van der Waals surface area contributed by atoms with E-state index in [-0.39, 0.29) is 12.3 Å². The molecule has 3 aromatic heterocycles. The maximum absolute atomic E-state index is 13.4. The third kappa shape index (κ3) is 3.64. The summed E-state index contributed by atoms with van der Waals surface area (Å²) in [5, 5.41) is 17.0. The van der Waals surface area contributed by atoms with Crippen molar-refractivity contribution < 1.29 is 18.3 Å². The quantitative estimate of drug-likeness (QED) is 0.514. The molecule has 0 saturated carbocycles. The molecule has 0 aliphatic heterocycles. The molecular weight excluding hydrogens is 397 g/mol. The Bertz CT molecular complexity index is 1240. The van der Waals surface area contributed by atoms with Crippen molar-refractivity contribution in [2.24, 2.45) is 0 Å². The van der Waals surface area contributed by atoms with Gasteiger partial charge in [-0.2, -0.15) is 18.3 Å². The smallest absolute Gasteiger partial charge is 0.392 e. The lowest BCUT2D eigenvalue weighted by Crippen LogP contribution is -2.08. The van der Waals surface area contributed by atoms with Crippen LogP contribution in [0.3, 0.4) is 0 Å². The minimum atomic E-state index is -4.52. The lowest BCUT2D eigenvalue weighted by atomic mass is 10.1. The fraction of sp³-hybridized carbons (Fsp3) is 0.150. The second-order valence-electron chi connectivity index (χ2n) is 6.60. The number of anilines is 2. The molecule has 0 aliphatic carbocycles. The number of nitrogens with zero attached hydrogens (tertiary/aromatic N) is 5. The Morgan fingerprint density at radius 3 is 2.67 bits per heavy atom. The van der Waals surface area contributed by atoms with E-state index in [2.05, 4.69) is 27.0 Å². The number of aromatic nitrogens is 5. The van der Waals surface area contributed by atoms with Gasteiger partial charge < -0.3 is 14.8 Å². The first-order valence-electron chi connectivity index (χ1n) is 8.90. The van der Waals surface area contributed by atoms with Crippen molar-refractivity contribution >= 4 is 23.1 Å². The van der Waals surface area contributed by atoms with Crippen LogP contribution in [0, 0.1) is 6.92 Å². The monoisotopic (exact) mass is 414 g/mol. The summed E-state index contributed by atoms with van der Waals surface area (Å²) in [4.78, 5) is 8.37. The first kappa shape index (κ1) is 19.6. The van der Waals surface area contributed by atoms with Crippen molar-refractivity contribution in [3.8, 4) is 5.69 Å². The zero-order valence-electron chi connectivity index (χ0n) is 15.9. The van der Waals surface area contributed by atoms with Crippen LogP contribution >= 0.6 is 0 Å². The maximum Gasteiger partial charge on any atom is 0.417 e. The molecule has 0 unspecified atom stereocenters. The molecule has 1 aromatic carbocycles. The van der Waals surface area contributed by atoms with Gasteiger partial charge in [-0.3, -0.25) is 0 Å². The predicted octanol–water partition coefficient (Wildman–Crippen LogP) is 4.12. The van der Waals surface area contributed by atoms with Gasteiger partial charge in [-0.05, 0) is 37.3 Å². The fourth-order valence-electron chi connectivity index (χ4n) is 3.09. The molecule has 0 aliphatic rings. The van der Waals surface area contributed by atoms with Crippen molar-refractivity contribution in [2.45, 2.75) is 19.7 Å². The normalized spacial score (nSPS) is 11.8. The summed E-state index contributed by atoms with van der Waals surface area (Å²) in [6.45, 7) is 5.07. The Labute approximate surface area is 169 Å². The molecule has 10 heteroatoms. The van der Waals surface area contributed by atoms with E-state index in [0.29, 0.717) is 34.1 Å². The van der Waals surface area contributed by atoms with Crippen LogP contribution in [-0.2, 0) is 12.8 Å². The minimum Gasteiger partial charge on any atom is -0.392 e. The standard InChI is InChI=1S/C20H17F3N6O/c1-3-15-9-28-8-14(20(21,22)23)7-17(19(28)26-15)25-16-4-5-18(13(6-16)10-30)29-11-24-12(2)27-29/h3-9,11,25,30H,1,10H2,2H3. The van der Waals surface area contributed by atoms with Crippen molar-refractivity contribution in [3.05, 3.63) is 72.2 Å². The Morgan fingerprint density at radius 1 is 1.23 bits per heavy atom. The van der Waals surface area contributed by atoms with Gasteiger partial charge in [0.15, 0.2) is 5.65 Å². The number of nitrogens with one attached hydrogen (secondary N) is 1. The number of alkyl halides is 3. The van der Waals surface area contributed by atoms with E-state index in [9.17, 15) is 18.3 Å². The number of pyridine rings is 1. The Balaban J connectivity index is 1.78. The first-order chi connectivity index (χ1) is 14.3. The van der Waals surface area contributed by atoms with Crippen molar-refractivity contribution in [1.82, 2.24) is 24.1 Å². The average Bonchev–Trinajstić information content (AvgIpc) is 3.33. The zero-order valence-corrected chi connectivity index (χ0v) is 15.9. The molecule has 4 rings (SSSR count). The number of rotatable bonds is 5. The van der Waals surface area contributed by atoms with Gasteiger partial charge in [-0.1, -0.05) is 6.58 Å². The summed E-state index contributed by atoms with van der Waals surface area (Å²) in [5.74, 6) is 0.574. The molecule has 4 aromatic rings. The third-order valence-electron chi connectivity index (χ3n) is 4.49. The van der Waals surface area contributed by atoms with Gasteiger partial charge in [-0.15, -0.1) is 0 Å². The Morgan fingerprint density at radius 2 is 2.03 bits per heavy atom. The summed E-state index contributed by atoms with van der Waals surface area (Å²) in [7, 11) is 0. The summed E-state index contributed by atoms with van der Waals surface area (Å²) >= 11 is 0. The molecule has 0 radical (unpaired) electrons. The van der Waals surface area contributed by atoms with E-state index in [1.165, 1.54) is 27.7 Å². The molecule has 30 heavy (non-hydrogen) atoms. The molecule has 0 bridgehead atoms. The number of fused-ring (bicyclic) bond motifs is 1. The SMILES string of the molecule is C=Cc1cn2cc(C(F)(F)F)cc(Nc3ccc(-n4cnc(C)n4)c(CO)c3)c2n1. The lowest BCUT2D eigenvalue weighted by molar-refractivity contribution is -0.137. The molecule has 0 fully saturated rings. The first-order valence-corrected chi connectivity index (χ1v) is 8.90. The summed E-state index contributed by atoms with van der Waals surface area (Å²) < 4.78 is 42.9. The van der Waals surface area contributed by atoms with E-state index < -0.39 is 11.7 Å². The van der Waals surface area contributed by atoms with Crippen LogP contribution in [0.5, 0.6) is 0 Å². The highest BCUT2D eigenvalue weighted by Crippen LogP contribution is 2.34. The van der Waals surface area contributed by atoms with Crippen LogP contribution in [0.4, 0.5) is 24.5 Å². The van der Waals surface area contributed by atoms with Crippen LogP contribution in [0.2, 0.25) is 0 Å². The topological polar surface area (TPSA) is 80.3 Å². The van der Waals surface area contributed by atoms with E-state index in [0.717, 1.165) is 12.3 Å². The van der Waals surface area contributed by atoms with E-state index in [1.807, 2.05) is 0 Å². The minimum absolute atomic E-state index is 0.172. The summed E-state index contributed by atoms with van der Waals surface area (Å²) in [6.07, 6.45) is 0.916. The van der Waals surface area contributed by atoms with Crippen LogP contribution in [0.15, 0.2) is 49.6 Å². The van der Waals surface area contributed by atoms with Crippen molar-refractivity contribution in [1.29, 1.82) is 0 Å². The van der Waals surface area contributed by atoms with Gasteiger partial charge in [0, 0.05) is 23.6 Å². The second kappa shape index (κ2) is 7.30. The van der Waals surface area contributed by atoms with Crippen molar-refractivity contribution in [3.63, 3.8) is 0 Å². The van der Waals surface area contributed by atoms with Gasteiger partial charge in [0.2, 0.25) is 0 Å². The number of imidazole rings is 1. The molecule has 154 valence electrons. The van der Waals surface area contributed by atoms with E-state index in [4.69, 9.17) is 0 Å². The highest BCUT2D eigenvalue weighted by molar-refractivity contribution is 5.76.